The van der Waals surface area contributed by atoms with E-state index in [4.69, 9.17) is 4.42 Å². The summed E-state index contributed by atoms with van der Waals surface area (Å²) < 4.78 is 6.22. The van der Waals surface area contributed by atoms with E-state index in [9.17, 15) is 0 Å². The Labute approximate surface area is 257 Å². The van der Waals surface area contributed by atoms with Crippen LogP contribution in [0.25, 0.3) is 55.3 Å². The number of benzene rings is 7. The minimum atomic E-state index is 0.877. The SMILES string of the molecule is c1ccc(-c2ccccc2N(c2ccccc2)c2ccc(-c3cccc(-c4cc5ccccc5o4)c3)c3ccccc23)cc1. The van der Waals surface area contributed by atoms with Gasteiger partial charge in [0.05, 0.1) is 11.4 Å². The lowest BCUT2D eigenvalue weighted by atomic mass is 9.94. The Kier molecular flexibility index (Phi) is 6.51. The van der Waals surface area contributed by atoms with Crippen molar-refractivity contribution in [2.75, 3.05) is 4.90 Å². The predicted molar refractivity (Wildman–Crippen MR) is 185 cm³/mol. The van der Waals surface area contributed by atoms with Gasteiger partial charge in [0.15, 0.2) is 0 Å². The van der Waals surface area contributed by atoms with Crippen LogP contribution in [0.5, 0.6) is 0 Å². The fourth-order valence-corrected chi connectivity index (χ4v) is 6.21. The molecule has 2 heteroatoms. The molecule has 8 rings (SSSR count). The van der Waals surface area contributed by atoms with Gasteiger partial charge in [-0.05, 0) is 64.5 Å². The van der Waals surface area contributed by atoms with Crippen LogP contribution in [0.4, 0.5) is 17.1 Å². The van der Waals surface area contributed by atoms with Gasteiger partial charge in [0, 0.05) is 27.6 Å². The van der Waals surface area contributed by atoms with Crippen molar-refractivity contribution in [2.24, 2.45) is 0 Å². The third-order valence-electron chi connectivity index (χ3n) is 8.27. The summed E-state index contributed by atoms with van der Waals surface area (Å²) in [6.45, 7) is 0. The van der Waals surface area contributed by atoms with E-state index in [-0.39, 0.29) is 0 Å². The summed E-state index contributed by atoms with van der Waals surface area (Å²) in [5.41, 5.74) is 10.1. The van der Waals surface area contributed by atoms with E-state index in [1.165, 1.54) is 27.5 Å². The van der Waals surface area contributed by atoms with Gasteiger partial charge in [0.1, 0.15) is 11.3 Å². The molecule has 0 radical (unpaired) electrons. The van der Waals surface area contributed by atoms with E-state index in [2.05, 4.69) is 163 Å². The largest absolute Gasteiger partial charge is 0.456 e. The van der Waals surface area contributed by atoms with Crippen LogP contribution in [0, 0.1) is 0 Å². The molecule has 44 heavy (non-hydrogen) atoms. The van der Waals surface area contributed by atoms with Crippen LogP contribution in [-0.4, -0.2) is 0 Å². The number of hydrogen-bond acceptors (Lipinski definition) is 2. The lowest BCUT2D eigenvalue weighted by Gasteiger charge is -2.29. The van der Waals surface area contributed by atoms with Crippen LogP contribution in [0.3, 0.4) is 0 Å². The fourth-order valence-electron chi connectivity index (χ4n) is 6.21. The zero-order chi connectivity index (χ0) is 29.3. The Hall–Kier alpha value is -5.86. The monoisotopic (exact) mass is 563 g/mol. The molecule has 0 aliphatic carbocycles. The molecule has 0 fully saturated rings. The van der Waals surface area contributed by atoms with E-state index in [1.54, 1.807) is 0 Å². The second-order valence-corrected chi connectivity index (χ2v) is 11.0. The topological polar surface area (TPSA) is 16.4 Å². The maximum Gasteiger partial charge on any atom is 0.135 e. The van der Waals surface area contributed by atoms with E-state index in [0.717, 1.165) is 44.9 Å². The summed E-state index contributed by atoms with van der Waals surface area (Å²) in [6, 6.07) is 62.1. The molecule has 0 amide bonds. The highest BCUT2D eigenvalue weighted by atomic mass is 16.3. The zero-order valence-corrected chi connectivity index (χ0v) is 24.1. The molecular weight excluding hydrogens is 534 g/mol. The Balaban J connectivity index is 1.30. The van der Waals surface area contributed by atoms with Gasteiger partial charge < -0.3 is 9.32 Å². The fraction of sp³-hybridized carbons (Fsp3) is 0. The Morgan fingerprint density at radius 1 is 0.386 bits per heavy atom. The van der Waals surface area contributed by atoms with Crippen LogP contribution >= 0.6 is 0 Å². The highest BCUT2D eigenvalue weighted by Crippen LogP contribution is 2.45. The van der Waals surface area contributed by atoms with Crippen LogP contribution in [0.15, 0.2) is 180 Å². The van der Waals surface area contributed by atoms with Gasteiger partial charge in [-0.3, -0.25) is 0 Å². The molecule has 0 atom stereocenters. The van der Waals surface area contributed by atoms with Crippen molar-refractivity contribution in [1.29, 1.82) is 0 Å². The molecule has 0 unspecified atom stereocenters. The van der Waals surface area contributed by atoms with Gasteiger partial charge in [-0.1, -0.05) is 133 Å². The molecule has 0 spiro atoms. The zero-order valence-electron chi connectivity index (χ0n) is 24.1. The minimum Gasteiger partial charge on any atom is -0.456 e. The Bertz CT molecular complexity index is 2200. The van der Waals surface area contributed by atoms with E-state index in [0.29, 0.717) is 0 Å². The standard InChI is InChI=1S/C42H29NO/c1-3-14-30(15-4-1)36-21-10-11-24-39(36)43(34-19-5-2-6-20-34)40-27-26-35(37-22-8-9-23-38(37)40)31-17-13-18-32(28-31)42-29-33-16-7-12-25-41(33)44-42/h1-29H. The van der Waals surface area contributed by atoms with Crippen LogP contribution in [0.1, 0.15) is 0 Å². The van der Waals surface area contributed by atoms with Gasteiger partial charge in [-0.2, -0.15) is 0 Å². The number of hydrogen-bond donors (Lipinski definition) is 0. The molecule has 0 bridgehead atoms. The predicted octanol–water partition coefficient (Wildman–Crippen LogP) is 12.1. The Morgan fingerprint density at radius 2 is 1.05 bits per heavy atom. The molecule has 0 N–H and O–H groups in total. The maximum absolute atomic E-state index is 6.22. The van der Waals surface area contributed by atoms with Gasteiger partial charge in [-0.25, -0.2) is 0 Å². The molecule has 0 saturated carbocycles. The average molecular weight is 564 g/mol. The molecule has 0 aliphatic rings. The summed E-state index contributed by atoms with van der Waals surface area (Å²) in [4.78, 5) is 2.39. The highest BCUT2D eigenvalue weighted by Gasteiger charge is 2.20. The van der Waals surface area contributed by atoms with Gasteiger partial charge in [-0.15, -0.1) is 0 Å². The summed E-state index contributed by atoms with van der Waals surface area (Å²) in [5.74, 6) is 0.877. The van der Waals surface area contributed by atoms with Crippen molar-refractivity contribution in [1.82, 2.24) is 0 Å². The first-order valence-electron chi connectivity index (χ1n) is 14.9. The van der Waals surface area contributed by atoms with Crippen LogP contribution in [-0.2, 0) is 0 Å². The van der Waals surface area contributed by atoms with Gasteiger partial charge >= 0.3 is 0 Å². The molecule has 208 valence electrons. The normalized spacial score (nSPS) is 11.2. The first kappa shape index (κ1) is 25.8. The van der Waals surface area contributed by atoms with Crippen molar-refractivity contribution in [2.45, 2.75) is 0 Å². The number of rotatable bonds is 6. The average Bonchev–Trinajstić information content (AvgIpc) is 3.54. The summed E-state index contributed by atoms with van der Waals surface area (Å²) >= 11 is 0. The third kappa shape index (κ3) is 4.63. The van der Waals surface area contributed by atoms with E-state index < -0.39 is 0 Å². The molecule has 0 aliphatic heterocycles. The molecular formula is C42H29NO. The lowest BCUT2D eigenvalue weighted by Crippen LogP contribution is -2.11. The van der Waals surface area contributed by atoms with Gasteiger partial charge in [0.25, 0.3) is 0 Å². The first-order chi connectivity index (χ1) is 21.8. The van der Waals surface area contributed by atoms with Crippen molar-refractivity contribution in [3.05, 3.63) is 176 Å². The van der Waals surface area contributed by atoms with Crippen molar-refractivity contribution < 1.29 is 4.42 Å². The third-order valence-corrected chi connectivity index (χ3v) is 8.27. The van der Waals surface area contributed by atoms with Crippen molar-refractivity contribution in [3.63, 3.8) is 0 Å². The molecule has 7 aromatic carbocycles. The smallest absolute Gasteiger partial charge is 0.135 e. The van der Waals surface area contributed by atoms with Crippen molar-refractivity contribution >= 4 is 38.8 Å². The molecule has 0 saturated heterocycles. The minimum absolute atomic E-state index is 0.877. The molecule has 2 nitrogen and oxygen atoms in total. The van der Waals surface area contributed by atoms with E-state index >= 15 is 0 Å². The quantitative estimate of drug-likeness (QED) is 0.200. The highest BCUT2D eigenvalue weighted by molar-refractivity contribution is 6.07. The van der Waals surface area contributed by atoms with Crippen LogP contribution < -0.4 is 4.90 Å². The summed E-state index contributed by atoms with van der Waals surface area (Å²) in [5, 5.41) is 3.50. The lowest BCUT2D eigenvalue weighted by molar-refractivity contribution is 0.631. The Morgan fingerprint density at radius 3 is 1.89 bits per heavy atom. The second-order valence-electron chi connectivity index (χ2n) is 11.0. The van der Waals surface area contributed by atoms with Crippen LogP contribution in [0.2, 0.25) is 0 Å². The number of fused-ring (bicyclic) bond motifs is 2. The maximum atomic E-state index is 6.22. The molecule has 1 heterocycles. The summed E-state index contributed by atoms with van der Waals surface area (Å²) in [6.07, 6.45) is 0. The first-order valence-corrected chi connectivity index (χ1v) is 14.9. The second kappa shape index (κ2) is 11.1. The molecule has 1 aromatic heterocycles. The number of para-hydroxylation sites is 3. The molecule has 8 aromatic rings. The number of nitrogens with zero attached hydrogens (tertiary/aromatic N) is 1. The van der Waals surface area contributed by atoms with Crippen molar-refractivity contribution in [3.8, 4) is 33.6 Å². The summed E-state index contributed by atoms with van der Waals surface area (Å²) in [7, 11) is 0. The number of anilines is 3. The number of furan rings is 1. The van der Waals surface area contributed by atoms with E-state index in [1.807, 2.05) is 18.2 Å². The van der Waals surface area contributed by atoms with Gasteiger partial charge in [0.2, 0.25) is 0 Å².